The van der Waals surface area contributed by atoms with Gasteiger partial charge in [0.15, 0.2) is 5.82 Å². The molecular weight excluding hydrogens is 306 g/mol. The van der Waals surface area contributed by atoms with Crippen molar-refractivity contribution < 1.29 is 0 Å². The smallest absolute Gasteiger partial charge is 0.183 e. The van der Waals surface area contributed by atoms with Crippen molar-refractivity contribution in [1.29, 1.82) is 0 Å². The second-order valence-corrected chi connectivity index (χ2v) is 5.98. The number of nitrogen functional groups attached to an aromatic ring is 1. The van der Waals surface area contributed by atoms with E-state index in [9.17, 15) is 0 Å². The van der Waals surface area contributed by atoms with E-state index < -0.39 is 0 Å². The quantitative estimate of drug-likeness (QED) is 0.879. The summed E-state index contributed by atoms with van der Waals surface area (Å²) in [5.74, 6) is 1.61. The molecule has 19 heavy (non-hydrogen) atoms. The van der Waals surface area contributed by atoms with Crippen molar-refractivity contribution in [3.05, 3.63) is 22.7 Å². The molecule has 1 fully saturated rings. The van der Waals surface area contributed by atoms with Gasteiger partial charge in [0.25, 0.3) is 0 Å². The average molecular weight is 322 g/mol. The molecule has 0 saturated heterocycles. The Hall–Kier alpha value is -1.43. The van der Waals surface area contributed by atoms with Gasteiger partial charge >= 0.3 is 0 Å². The molecule has 6 heteroatoms. The highest BCUT2D eigenvalue weighted by Gasteiger charge is 2.26. The maximum atomic E-state index is 5.92. The normalized spacial score (nSPS) is 16.5. The molecule has 0 spiro atoms. The molecule has 1 unspecified atom stereocenters. The number of aromatic nitrogens is 4. The molecule has 1 aliphatic rings. The predicted octanol–water partition coefficient (Wildman–Crippen LogP) is 3.05. The summed E-state index contributed by atoms with van der Waals surface area (Å²) in [5.41, 5.74) is 7.55. The van der Waals surface area contributed by atoms with Gasteiger partial charge in [-0.2, -0.15) is 0 Å². The summed E-state index contributed by atoms with van der Waals surface area (Å²) in [6, 6.07) is 6.06. The van der Waals surface area contributed by atoms with E-state index in [1.807, 2.05) is 22.9 Å². The Labute approximate surface area is 120 Å². The summed E-state index contributed by atoms with van der Waals surface area (Å²) < 4.78 is 2.75. The number of benzene rings is 1. The summed E-state index contributed by atoms with van der Waals surface area (Å²) in [7, 11) is 0. The Bertz CT molecular complexity index is 590. The lowest BCUT2D eigenvalue weighted by atomic mass is 10.1. The van der Waals surface area contributed by atoms with Gasteiger partial charge in [-0.05, 0) is 57.8 Å². The van der Waals surface area contributed by atoms with Crippen LogP contribution < -0.4 is 5.73 Å². The fraction of sp³-hybridized carbons (Fsp3) is 0.462. The van der Waals surface area contributed by atoms with Crippen LogP contribution in [0.15, 0.2) is 22.7 Å². The first kappa shape index (κ1) is 12.6. The molecular formula is C13H16BrN5. The molecule has 1 aliphatic carbocycles. The van der Waals surface area contributed by atoms with Crippen LogP contribution in [-0.2, 0) is 0 Å². The van der Waals surface area contributed by atoms with E-state index in [4.69, 9.17) is 5.73 Å². The molecule has 1 aromatic heterocycles. The number of nitrogens with zero attached hydrogens (tertiary/aromatic N) is 4. The number of halogens is 1. The van der Waals surface area contributed by atoms with Gasteiger partial charge in [0.05, 0.1) is 10.5 Å². The van der Waals surface area contributed by atoms with Crippen molar-refractivity contribution in [2.45, 2.75) is 32.2 Å². The molecule has 0 radical (unpaired) electrons. The summed E-state index contributed by atoms with van der Waals surface area (Å²) in [6.07, 6.45) is 3.81. The van der Waals surface area contributed by atoms with Crippen molar-refractivity contribution in [2.75, 3.05) is 5.73 Å². The predicted molar refractivity (Wildman–Crippen MR) is 77.4 cm³/mol. The fourth-order valence-corrected chi connectivity index (χ4v) is 2.77. The molecule has 5 nitrogen and oxygen atoms in total. The van der Waals surface area contributed by atoms with Crippen LogP contribution in [0.5, 0.6) is 0 Å². The van der Waals surface area contributed by atoms with Crippen molar-refractivity contribution >= 4 is 21.6 Å². The maximum absolute atomic E-state index is 5.92. The van der Waals surface area contributed by atoms with E-state index in [1.165, 1.54) is 12.8 Å². The Morgan fingerprint density at radius 2 is 2.26 bits per heavy atom. The molecule has 1 heterocycles. The summed E-state index contributed by atoms with van der Waals surface area (Å²) in [5, 5.41) is 12.1. The summed E-state index contributed by atoms with van der Waals surface area (Å²) >= 11 is 3.51. The van der Waals surface area contributed by atoms with Gasteiger partial charge in [-0.25, -0.2) is 4.68 Å². The largest absolute Gasteiger partial charge is 0.398 e. The number of hydrogen-bond acceptors (Lipinski definition) is 4. The van der Waals surface area contributed by atoms with Crippen LogP contribution >= 0.6 is 15.9 Å². The van der Waals surface area contributed by atoms with Crippen LogP contribution in [0.3, 0.4) is 0 Å². The minimum atomic E-state index is 0.311. The Kier molecular flexibility index (Phi) is 3.26. The highest BCUT2D eigenvalue weighted by Crippen LogP contribution is 2.38. The molecule has 0 bridgehead atoms. The van der Waals surface area contributed by atoms with E-state index in [0.29, 0.717) is 11.7 Å². The lowest BCUT2D eigenvalue weighted by Crippen LogP contribution is -2.10. The summed E-state index contributed by atoms with van der Waals surface area (Å²) in [4.78, 5) is 0. The molecule has 2 N–H and O–H groups in total. The number of nitrogens with two attached hydrogens (primary N) is 1. The first-order valence-corrected chi connectivity index (χ1v) is 7.28. The Morgan fingerprint density at radius 3 is 3.00 bits per heavy atom. The van der Waals surface area contributed by atoms with Crippen molar-refractivity contribution in [3.63, 3.8) is 0 Å². The lowest BCUT2D eigenvalue weighted by Gasteiger charge is -2.14. The minimum Gasteiger partial charge on any atom is -0.398 e. The van der Waals surface area contributed by atoms with E-state index in [2.05, 4.69) is 38.4 Å². The first-order valence-electron chi connectivity index (χ1n) is 6.49. The number of anilines is 1. The van der Waals surface area contributed by atoms with Crippen LogP contribution in [-0.4, -0.2) is 20.2 Å². The van der Waals surface area contributed by atoms with Gasteiger partial charge < -0.3 is 5.73 Å². The third kappa shape index (κ3) is 2.49. The zero-order valence-corrected chi connectivity index (χ0v) is 12.3. The molecule has 0 amide bonds. The van der Waals surface area contributed by atoms with Gasteiger partial charge in [-0.3, -0.25) is 0 Å². The zero-order chi connectivity index (χ0) is 13.4. The third-order valence-electron chi connectivity index (χ3n) is 3.55. The molecule has 1 saturated carbocycles. The van der Waals surface area contributed by atoms with Gasteiger partial charge in [0.1, 0.15) is 0 Å². The van der Waals surface area contributed by atoms with Crippen LogP contribution in [0.1, 0.15) is 32.2 Å². The van der Waals surface area contributed by atoms with Gasteiger partial charge in [-0.1, -0.05) is 18.9 Å². The number of rotatable bonds is 4. The van der Waals surface area contributed by atoms with Crippen LogP contribution in [0.2, 0.25) is 0 Å². The van der Waals surface area contributed by atoms with Crippen molar-refractivity contribution in [1.82, 2.24) is 20.2 Å². The highest BCUT2D eigenvalue weighted by atomic mass is 79.9. The zero-order valence-electron chi connectivity index (χ0n) is 10.8. The van der Waals surface area contributed by atoms with Crippen LogP contribution in [0.4, 0.5) is 5.69 Å². The fourth-order valence-electron chi connectivity index (χ4n) is 2.33. The van der Waals surface area contributed by atoms with E-state index in [1.54, 1.807) is 0 Å². The molecule has 3 rings (SSSR count). The highest BCUT2D eigenvalue weighted by molar-refractivity contribution is 9.10. The Balaban J connectivity index is 1.96. The van der Waals surface area contributed by atoms with E-state index >= 15 is 0 Å². The van der Waals surface area contributed by atoms with Gasteiger partial charge in [0, 0.05) is 11.3 Å². The topological polar surface area (TPSA) is 69.6 Å². The van der Waals surface area contributed by atoms with Gasteiger partial charge in [-0.15, -0.1) is 5.10 Å². The number of hydrogen-bond donors (Lipinski definition) is 1. The molecule has 1 atom stereocenters. The van der Waals surface area contributed by atoms with Crippen LogP contribution in [0, 0.1) is 5.92 Å². The molecule has 2 aromatic rings. The van der Waals surface area contributed by atoms with Crippen molar-refractivity contribution in [3.8, 4) is 11.4 Å². The first-order chi connectivity index (χ1) is 9.16. The maximum Gasteiger partial charge on any atom is 0.183 e. The molecule has 100 valence electrons. The SMILES string of the molecule is CC(CC1CC1)n1nnnc1-c1cccc(N)c1Br. The number of tetrazole rings is 1. The summed E-state index contributed by atoms with van der Waals surface area (Å²) in [6.45, 7) is 2.17. The van der Waals surface area contributed by atoms with Crippen LogP contribution in [0.25, 0.3) is 11.4 Å². The lowest BCUT2D eigenvalue weighted by molar-refractivity contribution is 0.430. The average Bonchev–Trinajstić information content (AvgIpc) is 3.06. The second-order valence-electron chi connectivity index (χ2n) is 5.18. The Morgan fingerprint density at radius 1 is 1.47 bits per heavy atom. The van der Waals surface area contributed by atoms with E-state index in [-0.39, 0.29) is 0 Å². The molecule has 1 aromatic carbocycles. The van der Waals surface area contributed by atoms with Crippen molar-refractivity contribution in [2.24, 2.45) is 5.92 Å². The monoisotopic (exact) mass is 321 g/mol. The third-order valence-corrected chi connectivity index (χ3v) is 4.44. The molecule has 0 aliphatic heterocycles. The standard InChI is InChI=1S/C13H16BrN5/c1-8(7-9-5-6-9)19-13(16-17-18-19)10-3-2-4-11(15)12(10)14/h2-4,8-9H,5-7,15H2,1H3. The van der Waals surface area contributed by atoms with Gasteiger partial charge in [0.2, 0.25) is 0 Å². The van der Waals surface area contributed by atoms with E-state index in [0.717, 1.165) is 28.2 Å². The second kappa shape index (κ2) is 4.92. The minimum absolute atomic E-state index is 0.311.